The predicted molar refractivity (Wildman–Crippen MR) is 65.2 cm³/mol. The number of hydrogen-bond acceptors (Lipinski definition) is 5. The smallest absolute Gasteiger partial charge is 0.0864 e. The van der Waals surface area contributed by atoms with Crippen molar-refractivity contribution in [2.45, 2.75) is 19.0 Å². The Kier molecular flexibility index (Phi) is 3.70. The first-order chi connectivity index (χ1) is 7.74. The highest BCUT2D eigenvalue weighted by atomic mass is 32.1. The number of thiazole rings is 1. The molecule has 1 aliphatic heterocycles. The summed E-state index contributed by atoms with van der Waals surface area (Å²) in [7, 11) is 1.95. The second-order valence-corrected chi connectivity index (χ2v) is 4.76. The van der Waals surface area contributed by atoms with Gasteiger partial charge in [-0.25, -0.2) is 4.98 Å². The molecular formula is C11H17N3OS. The van der Waals surface area contributed by atoms with Gasteiger partial charge in [0.15, 0.2) is 0 Å². The van der Waals surface area contributed by atoms with Gasteiger partial charge in [-0.2, -0.15) is 5.06 Å². The van der Waals surface area contributed by atoms with Crippen molar-refractivity contribution < 1.29 is 4.84 Å². The van der Waals surface area contributed by atoms with Crippen LogP contribution in [0, 0.1) is 0 Å². The van der Waals surface area contributed by atoms with Crippen molar-refractivity contribution in [3.63, 3.8) is 0 Å². The molecule has 0 spiro atoms. The lowest BCUT2D eigenvalue weighted by molar-refractivity contribution is -0.159. The lowest BCUT2D eigenvalue weighted by atomic mass is 10.1. The van der Waals surface area contributed by atoms with Crippen molar-refractivity contribution >= 4 is 11.3 Å². The minimum Gasteiger partial charge on any atom is -0.307 e. The Morgan fingerprint density at radius 2 is 2.62 bits per heavy atom. The summed E-state index contributed by atoms with van der Waals surface area (Å²) in [6.45, 7) is 7.22. The Morgan fingerprint density at radius 1 is 1.81 bits per heavy atom. The van der Waals surface area contributed by atoms with E-state index in [-0.39, 0.29) is 6.04 Å². The largest absolute Gasteiger partial charge is 0.307 e. The SMILES string of the molecule is C=CCON(C)C1CNC(C)c2ncsc21. The molecule has 0 saturated carbocycles. The van der Waals surface area contributed by atoms with Gasteiger partial charge in [-0.3, -0.25) is 4.84 Å². The molecule has 1 aromatic heterocycles. The van der Waals surface area contributed by atoms with Gasteiger partial charge in [0.25, 0.3) is 0 Å². The van der Waals surface area contributed by atoms with Gasteiger partial charge >= 0.3 is 0 Å². The number of likely N-dealkylation sites (N-methyl/N-ethyl adjacent to an activating group) is 1. The Bertz CT molecular complexity index is 366. The summed E-state index contributed by atoms with van der Waals surface area (Å²) >= 11 is 1.70. The molecule has 2 heterocycles. The maximum atomic E-state index is 5.55. The van der Waals surface area contributed by atoms with Crippen molar-refractivity contribution in [3.8, 4) is 0 Å². The van der Waals surface area contributed by atoms with Gasteiger partial charge in [0.05, 0.1) is 28.7 Å². The van der Waals surface area contributed by atoms with E-state index in [2.05, 4.69) is 23.8 Å². The summed E-state index contributed by atoms with van der Waals surface area (Å²) < 4.78 is 0. The van der Waals surface area contributed by atoms with Crippen molar-refractivity contribution in [2.75, 3.05) is 20.2 Å². The molecular weight excluding hydrogens is 222 g/mol. The van der Waals surface area contributed by atoms with E-state index in [1.54, 1.807) is 17.4 Å². The molecule has 4 nitrogen and oxygen atoms in total. The van der Waals surface area contributed by atoms with Gasteiger partial charge < -0.3 is 5.32 Å². The molecule has 88 valence electrons. The molecule has 0 aromatic carbocycles. The minimum atomic E-state index is 0.249. The second-order valence-electron chi connectivity index (χ2n) is 3.88. The fraction of sp³-hybridized carbons (Fsp3) is 0.545. The summed E-state index contributed by atoms with van der Waals surface area (Å²) in [6, 6.07) is 0.587. The Morgan fingerprint density at radius 3 is 3.38 bits per heavy atom. The van der Waals surface area contributed by atoms with Crippen molar-refractivity contribution in [1.29, 1.82) is 0 Å². The van der Waals surface area contributed by atoms with E-state index >= 15 is 0 Å². The average molecular weight is 239 g/mol. The van der Waals surface area contributed by atoms with E-state index in [1.807, 2.05) is 17.6 Å². The van der Waals surface area contributed by atoms with Crippen LogP contribution in [0.3, 0.4) is 0 Å². The van der Waals surface area contributed by atoms with Crippen LogP contribution < -0.4 is 5.32 Å². The molecule has 0 amide bonds. The topological polar surface area (TPSA) is 37.4 Å². The minimum absolute atomic E-state index is 0.249. The third-order valence-corrected chi connectivity index (χ3v) is 3.74. The highest BCUT2D eigenvalue weighted by molar-refractivity contribution is 7.09. The molecule has 16 heavy (non-hydrogen) atoms. The Balaban J connectivity index is 2.13. The molecule has 1 aromatic rings. The van der Waals surface area contributed by atoms with Crippen LogP contribution in [0.15, 0.2) is 18.2 Å². The van der Waals surface area contributed by atoms with E-state index in [4.69, 9.17) is 4.84 Å². The van der Waals surface area contributed by atoms with Gasteiger partial charge in [0, 0.05) is 19.6 Å². The number of aromatic nitrogens is 1. The number of fused-ring (bicyclic) bond motifs is 1. The maximum Gasteiger partial charge on any atom is 0.0864 e. The summed E-state index contributed by atoms with van der Waals surface area (Å²) in [5.74, 6) is 0. The number of rotatable bonds is 4. The molecule has 1 aliphatic rings. The van der Waals surface area contributed by atoms with Crippen LogP contribution in [0.25, 0.3) is 0 Å². The maximum absolute atomic E-state index is 5.55. The van der Waals surface area contributed by atoms with E-state index in [0.717, 1.165) is 12.2 Å². The third-order valence-electron chi connectivity index (χ3n) is 2.79. The van der Waals surface area contributed by atoms with Crippen molar-refractivity contribution in [1.82, 2.24) is 15.4 Å². The van der Waals surface area contributed by atoms with Crippen LogP contribution in [0.2, 0.25) is 0 Å². The van der Waals surface area contributed by atoms with Gasteiger partial charge in [-0.15, -0.1) is 17.9 Å². The van der Waals surface area contributed by atoms with Gasteiger partial charge in [-0.05, 0) is 6.92 Å². The lowest BCUT2D eigenvalue weighted by Crippen LogP contribution is -2.39. The molecule has 2 rings (SSSR count). The van der Waals surface area contributed by atoms with E-state index in [1.165, 1.54) is 4.88 Å². The Hall–Kier alpha value is -0.750. The highest BCUT2D eigenvalue weighted by Crippen LogP contribution is 2.33. The molecule has 1 N–H and O–H groups in total. The van der Waals surface area contributed by atoms with E-state index < -0.39 is 0 Å². The standard InChI is InChI=1S/C11H17N3OS/c1-4-5-15-14(3)9-6-12-8(2)10-11(9)16-7-13-10/h4,7-9,12H,1,5-6H2,2-3H3. The molecule has 0 bridgehead atoms. The Labute approximate surface area is 99.9 Å². The van der Waals surface area contributed by atoms with E-state index in [0.29, 0.717) is 12.6 Å². The molecule has 5 heteroatoms. The van der Waals surface area contributed by atoms with Crippen LogP contribution in [-0.4, -0.2) is 30.2 Å². The zero-order valence-corrected chi connectivity index (χ0v) is 10.5. The molecule has 0 saturated heterocycles. The summed E-state index contributed by atoms with van der Waals surface area (Å²) in [5, 5.41) is 5.31. The third kappa shape index (κ3) is 2.17. The quantitative estimate of drug-likeness (QED) is 0.643. The fourth-order valence-electron chi connectivity index (χ4n) is 1.87. The number of nitrogens with zero attached hydrogens (tertiary/aromatic N) is 2. The monoisotopic (exact) mass is 239 g/mol. The molecule has 0 aliphatic carbocycles. The first-order valence-corrected chi connectivity index (χ1v) is 6.25. The summed E-state index contributed by atoms with van der Waals surface area (Å²) in [4.78, 5) is 11.3. The number of nitrogens with one attached hydrogen (secondary N) is 1. The molecule has 0 fully saturated rings. The average Bonchev–Trinajstić information content (AvgIpc) is 2.76. The highest BCUT2D eigenvalue weighted by Gasteiger charge is 2.29. The number of hydrogen-bond donors (Lipinski definition) is 1. The fourth-order valence-corrected chi connectivity index (χ4v) is 2.89. The molecule has 0 radical (unpaired) electrons. The van der Waals surface area contributed by atoms with Gasteiger partial charge in [-0.1, -0.05) is 6.08 Å². The van der Waals surface area contributed by atoms with E-state index in [9.17, 15) is 0 Å². The summed E-state index contributed by atoms with van der Waals surface area (Å²) in [5.41, 5.74) is 3.05. The normalized spacial score (nSPS) is 24.4. The zero-order valence-electron chi connectivity index (χ0n) is 9.64. The van der Waals surface area contributed by atoms with Crippen LogP contribution in [0.4, 0.5) is 0 Å². The van der Waals surface area contributed by atoms with Gasteiger partial charge in [0.1, 0.15) is 0 Å². The first kappa shape index (κ1) is 11.7. The van der Waals surface area contributed by atoms with Gasteiger partial charge in [0.2, 0.25) is 0 Å². The van der Waals surface area contributed by atoms with Crippen LogP contribution in [-0.2, 0) is 4.84 Å². The number of hydroxylamine groups is 2. The molecule has 2 atom stereocenters. The van der Waals surface area contributed by atoms with Crippen molar-refractivity contribution in [3.05, 3.63) is 28.7 Å². The predicted octanol–water partition coefficient (Wildman–Crippen LogP) is 1.90. The first-order valence-electron chi connectivity index (χ1n) is 5.37. The summed E-state index contributed by atoms with van der Waals surface area (Å²) in [6.07, 6.45) is 1.75. The van der Waals surface area contributed by atoms with Crippen LogP contribution in [0.5, 0.6) is 0 Å². The zero-order chi connectivity index (χ0) is 11.5. The van der Waals surface area contributed by atoms with Crippen molar-refractivity contribution in [2.24, 2.45) is 0 Å². The lowest BCUT2D eigenvalue weighted by Gasteiger charge is -2.32. The van der Waals surface area contributed by atoms with Crippen LogP contribution >= 0.6 is 11.3 Å². The molecule has 2 unspecified atom stereocenters. The second kappa shape index (κ2) is 5.05. The van der Waals surface area contributed by atoms with Crippen LogP contribution in [0.1, 0.15) is 29.6 Å².